The summed E-state index contributed by atoms with van der Waals surface area (Å²) < 4.78 is 13.6. The third kappa shape index (κ3) is 4.04. The van der Waals surface area contributed by atoms with E-state index in [0.29, 0.717) is 17.0 Å². The van der Waals surface area contributed by atoms with Gasteiger partial charge in [-0.05, 0) is 30.7 Å². The number of hydrogen-bond donors (Lipinski definition) is 3. The Hall–Kier alpha value is -3.47. The molecule has 0 unspecified atom stereocenters. The van der Waals surface area contributed by atoms with Crippen molar-refractivity contribution in [2.75, 3.05) is 11.9 Å². The number of phenolic OH excluding ortho intramolecular Hbond substituents is 1. The summed E-state index contributed by atoms with van der Waals surface area (Å²) in [6.45, 7) is 1.80. The minimum Gasteiger partial charge on any atom is -0.505 e. The van der Waals surface area contributed by atoms with Crippen LogP contribution in [0.1, 0.15) is 5.56 Å². The summed E-state index contributed by atoms with van der Waals surface area (Å²) in [6.07, 6.45) is 4.24. The SMILES string of the molecule is Cc1cnc(NC(C=NCC#N)=CN)nc1-c1ccc(O)c(F)c1. The van der Waals surface area contributed by atoms with Gasteiger partial charge in [-0.1, -0.05) is 0 Å². The summed E-state index contributed by atoms with van der Waals surface area (Å²) >= 11 is 0. The van der Waals surface area contributed by atoms with Crippen molar-refractivity contribution in [2.24, 2.45) is 10.7 Å². The molecule has 0 radical (unpaired) electrons. The fourth-order valence-corrected chi connectivity index (χ4v) is 1.88. The van der Waals surface area contributed by atoms with Crippen molar-refractivity contribution in [3.05, 3.63) is 47.7 Å². The van der Waals surface area contributed by atoms with Gasteiger partial charge >= 0.3 is 0 Å². The summed E-state index contributed by atoms with van der Waals surface area (Å²) in [5, 5.41) is 20.6. The first-order valence-corrected chi connectivity index (χ1v) is 6.93. The highest BCUT2D eigenvalue weighted by Crippen LogP contribution is 2.26. The number of nitrogens with zero attached hydrogens (tertiary/aromatic N) is 4. The lowest BCUT2D eigenvalue weighted by atomic mass is 10.1. The molecule has 2 aromatic rings. The Morgan fingerprint density at radius 3 is 3.00 bits per heavy atom. The Labute approximate surface area is 138 Å². The summed E-state index contributed by atoms with van der Waals surface area (Å²) in [5.74, 6) is -0.916. The average Bonchev–Trinajstić information content (AvgIpc) is 2.58. The predicted octanol–water partition coefficient (Wildman–Crippen LogP) is 2.10. The topological polar surface area (TPSA) is 120 Å². The van der Waals surface area contributed by atoms with E-state index in [9.17, 15) is 9.50 Å². The Kier molecular flexibility index (Phi) is 5.41. The van der Waals surface area contributed by atoms with Crippen molar-refractivity contribution in [3.63, 3.8) is 0 Å². The first kappa shape index (κ1) is 16.9. The lowest BCUT2D eigenvalue weighted by molar-refractivity contribution is 0.432. The van der Waals surface area contributed by atoms with Gasteiger partial charge in [0, 0.05) is 24.2 Å². The van der Waals surface area contributed by atoms with E-state index >= 15 is 0 Å². The summed E-state index contributed by atoms with van der Waals surface area (Å²) in [5.41, 5.74) is 7.65. The molecule has 0 aliphatic rings. The maximum absolute atomic E-state index is 13.6. The molecule has 122 valence electrons. The first-order valence-electron chi connectivity index (χ1n) is 6.93. The quantitative estimate of drug-likeness (QED) is 0.571. The van der Waals surface area contributed by atoms with Crippen LogP contribution < -0.4 is 11.1 Å². The van der Waals surface area contributed by atoms with Gasteiger partial charge in [-0.2, -0.15) is 5.26 Å². The number of nitriles is 1. The molecular formula is C16H15FN6O. The molecule has 0 atom stereocenters. The molecule has 0 saturated carbocycles. The van der Waals surface area contributed by atoms with Crippen molar-refractivity contribution < 1.29 is 9.50 Å². The Balaban J connectivity index is 2.31. The molecule has 0 spiro atoms. The molecule has 0 saturated heterocycles. The number of halogens is 1. The highest BCUT2D eigenvalue weighted by atomic mass is 19.1. The van der Waals surface area contributed by atoms with Crippen molar-refractivity contribution in [1.82, 2.24) is 9.97 Å². The van der Waals surface area contributed by atoms with Crippen LogP contribution in [-0.4, -0.2) is 27.8 Å². The number of aromatic nitrogens is 2. The van der Waals surface area contributed by atoms with E-state index in [0.717, 1.165) is 5.56 Å². The van der Waals surface area contributed by atoms with Gasteiger partial charge in [-0.15, -0.1) is 0 Å². The Bertz CT molecular complexity index is 841. The Morgan fingerprint density at radius 2 is 2.33 bits per heavy atom. The molecule has 2 rings (SSSR count). The van der Waals surface area contributed by atoms with Gasteiger partial charge < -0.3 is 16.2 Å². The van der Waals surface area contributed by atoms with Crippen LogP contribution in [0.2, 0.25) is 0 Å². The molecule has 1 aromatic carbocycles. The lowest BCUT2D eigenvalue weighted by Gasteiger charge is -2.09. The molecule has 0 bridgehead atoms. The molecule has 0 fully saturated rings. The minimum atomic E-state index is -0.730. The van der Waals surface area contributed by atoms with Crippen molar-refractivity contribution >= 4 is 12.2 Å². The fraction of sp³-hybridized carbons (Fsp3) is 0.125. The van der Waals surface area contributed by atoms with Crippen LogP contribution in [0.15, 0.2) is 41.3 Å². The summed E-state index contributed by atoms with van der Waals surface area (Å²) in [6, 6.07) is 5.90. The van der Waals surface area contributed by atoms with E-state index < -0.39 is 11.6 Å². The number of nitrogens with one attached hydrogen (secondary N) is 1. The minimum absolute atomic E-state index is 0.00576. The van der Waals surface area contributed by atoms with Gasteiger partial charge in [0.25, 0.3) is 0 Å². The van der Waals surface area contributed by atoms with Gasteiger partial charge in [-0.25, -0.2) is 14.4 Å². The lowest BCUT2D eigenvalue weighted by Crippen LogP contribution is -2.08. The summed E-state index contributed by atoms with van der Waals surface area (Å²) in [4.78, 5) is 12.3. The van der Waals surface area contributed by atoms with E-state index in [-0.39, 0.29) is 12.5 Å². The normalized spacial score (nSPS) is 11.5. The van der Waals surface area contributed by atoms with Gasteiger partial charge in [-0.3, -0.25) is 4.99 Å². The molecule has 0 aliphatic carbocycles. The third-order valence-electron chi connectivity index (χ3n) is 3.02. The highest BCUT2D eigenvalue weighted by Gasteiger charge is 2.10. The maximum Gasteiger partial charge on any atom is 0.227 e. The molecule has 1 heterocycles. The van der Waals surface area contributed by atoms with Crippen LogP contribution in [0.25, 0.3) is 11.3 Å². The van der Waals surface area contributed by atoms with E-state index in [1.54, 1.807) is 19.2 Å². The van der Waals surface area contributed by atoms with Gasteiger partial charge in [0.05, 0.1) is 17.5 Å². The van der Waals surface area contributed by atoms with Gasteiger partial charge in [0.15, 0.2) is 11.6 Å². The molecule has 7 nitrogen and oxygen atoms in total. The number of benzene rings is 1. The van der Waals surface area contributed by atoms with Gasteiger partial charge in [0.1, 0.15) is 6.54 Å². The molecule has 4 N–H and O–H groups in total. The van der Waals surface area contributed by atoms with Crippen LogP contribution in [0.3, 0.4) is 0 Å². The predicted molar refractivity (Wildman–Crippen MR) is 88.7 cm³/mol. The number of anilines is 1. The maximum atomic E-state index is 13.6. The van der Waals surface area contributed by atoms with Crippen LogP contribution in [0, 0.1) is 24.1 Å². The highest BCUT2D eigenvalue weighted by molar-refractivity contribution is 5.82. The molecule has 0 aliphatic heterocycles. The van der Waals surface area contributed by atoms with Crippen molar-refractivity contribution in [3.8, 4) is 23.1 Å². The molecule has 1 aromatic heterocycles. The van der Waals surface area contributed by atoms with Crippen LogP contribution in [0.5, 0.6) is 5.75 Å². The number of phenols is 1. The average molecular weight is 326 g/mol. The van der Waals surface area contributed by atoms with E-state index in [2.05, 4.69) is 20.3 Å². The third-order valence-corrected chi connectivity index (χ3v) is 3.02. The van der Waals surface area contributed by atoms with Crippen LogP contribution in [-0.2, 0) is 0 Å². The smallest absolute Gasteiger partial charge is 0.227 e. The second kappa shape index (κ2) is 7.69. The zero-order chi connectivity index (χ0) is 17.5. The number of aryl methyl sites for hydroxylation is 1. The fourth-order valence-electron chi connectivity index (χ4n) is 1.88. The molecule has 24 heavy (non-hydrogen) atoms. The molecule has 8 heteroatoms. The number of aromatic hydroxyl groups is 1. The number of allylic oxidation sites excluding steroid dienone is 1. The first-order chi connectivity index (χ1) is 11.5. The van der Waals surface area contributed by atoms with Crippen LogP contribution >= 0.6 is 0 Å². The number of aliphatic imine (C=N–C) groups is 1. The zero-order valence-corrected chi connectivity index (χ0v) is 12.9. The molecular weight excluding hydrogens is 311 g/mol. The second-order valence-electron chi connectivity index (χ2n) is 4.77. The van der Waals surface area contributed by atoms with E-state index in [4.69, 9.17) is 11.0 Å². The molecule has 0 amide bonds. The van der Waals surface area contributed by atoms with Crippen molar-refractivity contribution in [2.45, 2.75) is 6.92 Å². The van der Waals surface area contributed by atoms with E-state index in [1.807, 2.05) is 6.07 Å². The number of nitrogens with two attached hydrogens (primary N) is 1. The van der Waals surface area contributed by atoms with E-state index in [1.165, 1.54) is 24.5 Å². The standard InChI is InChI=1S/C16H15FN6O/c1-10-8-21-16(22-12(7-19)9-20-5-4-18)23-15(10)11-2-3-14(24)13(17)6-11/h2-3,6-9,24H,5,19H2,1H3,(H,21,22,23). The van der Waals surface area contributed by atoms with Crippen LogP contribution in [0.4, 0.5) is 10.3 Å². The number of rotatable bonds is 5. The Morgan fingerprint density at radius 1 is 1.54 bits per heavy atom. The zero-order valence-electron chi connectivity index (χ0n) is 12.9. The second-order valence-corrected chi connectivity index (χ2v) is 4.77. The monoisotopic (exact) mass is 326 g/mol. The number of hydrogen-bond acceptors (Lipinski definition) is 7. The van der Waals surface area contributed by atoms with Crippen molar-refractivity contribution in [1.29, 1.82) is 5.26 Å². The van der Waals surface area contributed by atoms with Gasteiger partial charge in [0.2, 0.25) is 5.95 Å². The largest absolute Gasteiger partial charge is 0.505 e. The summed E-state index contributed by atoms with van der Waals surface area (Å²) in [7, 11) is 0.